The second-order valence-corrected chi connectivity index (χ2v) is 6.13. The maximum atomic E-state index is 12.8. The standard InChI is InChI=1S/C18H29N5O3/c1-2-11-23(15(17(25)26)9-6-10-22-18(20)21)16(24)14(19)12-13-7-4-3-5-8-13/h3-5,7-8,14-15H,2,6,9-12,19H2,1H3,(H,25,26)(H4,20,21,22)/t14-,15+/m1/s1. The van der Waals surface area contributed by atoms with Gasteiger partial charge in [-0.25, -0.2) is 4.79 Å². The molecule has 144 valence electrons. The summed E-state index contributed by atoms with van der Waals surface area (Å²) < 4.78 is 0. The maximum absolute atomic E-state index is 12.8. The Labute approximate surface area is 154 Å². The highest BCUT2D eigenvalue weighted by Gasteiger charge is 2.31. The van der Waals surface area contributed by atoms with E-state index in [0.717, 1.165) is 5.56 Å². The molecule has 0 heterocycles. The first-order chi connectivity index (χ1) is 12.4. The van der Waals surface area contributed by atoms with Crippen molar-refractivity contribution in [2.75, 3.05) is 13.1 Å². The van der Waals surface area contributed by atoms with E-state index < -0.39 is 18.1 Å². The van der Waals surface area contributed by atoms with Crippen LogP contribution in [0.4, 0.5) is 0 Å². The molecule has 1 aromatic carbocycles. The van der Waals surface area contributed by atoms with Gasteiger partial charge in [0.05, 0.1) is 6.04 Å². The molecule has 8 nitrogen and oxygen atoms in total. The van der Waals surface area contributed by atoms with E-state index in [2.05, 4.69) is 4.99 Å². The normalized spacial score (nSPS) is 12.8. The summed E-state index contributed by atoms with van der Waals surface area (Å²) in [5.74, 6) is -1.45. The van der Waals surface area contributed by atoms with E-state index in [0.29, 0.717) is 32.4 Å². The molecule has 8 heteroatoms. The first-order valence-corrected chi connectivity index (χ1v) is 8.75. The van der Waals surface area contributed by atoms with Crippen LogP contribution in [0.2, 0.25) is 0 Å². The van der Waals surface area contributed by atoms with Gasteiger partial charge in [0, 0.05) is 13.1 Å². The summed E-state index contributed by atoms with van der Waals surface area (Å²) in [6.45, 7) is 2.54. The molecule has 0 unspecified atom stereocenters. The van der Waals surface area contributed by atoms with Crippen LogP contribution in [0.25, 0.3) is 0 Å². The van der Waals surface area contributed by atoms with Gasteiger partial charge in [-0.1, -0.05) is 37.3 Å². The van der Waals surface area contributed by atoms with Crippen LogP contribution in [0.15, 0.2) is 35.3 Å². The second kappa shape index (κ2) is 11.1. The van der Waals surface area contributed by atoms with Gasteiger partial charge in [-0.2, -0.15) is 0 Å². The van der Waals surface area contributed by atoms with E-state index in [4.69, 9.17) is 17.2 Å². The van der Waals surface area contributed by atoms with Crippen LogP contribution < -0.4 is 17.2 Å². The minimum absolute atomic E-state index is 0.0387. The van der Waals surface area contributed by atoms with Crippen LogP contribution in [0.1, 0.15) is 31.7 Å². The van der Waals surface area contributed by atoms with Crippen molar-refractivity contribution in [1.29, 1.82) is 0 Å². The molecular formula is C18H29N5O3. The Kier molecular flexibility index (Phi) is 9.14. The third-order valence-electron chi connectivity index (χ3n) is 3.95. The monoisotopic (exact) mass is 363 g/mol. The minimum atomic E-state index is -1.05. The molecule has 2 atom stereocenters. The van der Waals surface area contributed by atoms with E-state index in [-0.39, 0.29) is 18.3 Å². The number of aliphatic imine (C=N–C) groups is 1. The third-order valence-corrected chi connectivity index (χ3v) is 3.95. The number of nitrogens with zero attached hydrogens (tertiary/aromatic N) is 2. The van der Waals surface area contributed by atoms with Gasteiger partial charge < -0.3 is 27.2 Å². The highest BCUT2D eigenvalue weighted by Crippen LogP contribution is 2.13. The number of hydrogen-bond acceptors (Lipinski definition) is 4. The predicted octanol–water partition coefficient (Wildman–Crippen LogP) is 0.302. The molecule has 26 heavy (non-hydrogen) atoms. The Bertz CT molecular complexity index is 602. The van der Waals surface area contributed by atoms with Crippen LogP contribution in [-0.4, -0.2) is 53.0 Å². The number of carbonyl (C=O) groups excluding carboxylic acids is 1. The molecule has 0 aliphatic carbocycles. The maximum Gasteiger partial charge on any atom is 0.326 e. The van der Waals surface area contributed by atoms with Crippen molar-refractivity contribution in [2.45, 2.75) is 44.7 Å². The van der Waals surface area contributed by atoms with Crippen molar-refractivity contribution < 1.29 is 14.7 Å². The molecule has 0 saturated heterocycles. The van der Waals surface area contributed by atoms with Crippen molar-refractivity contribution in [1.82, 2.24) is 4.90 Å². The zero-order valence-electron chi connectivity index (χ0n) is 15.2. The topological polar surface area (TPSA) is 148 Å². The molecule has 1 rings (SSSR count). The highest BCUT2D eigenvalue weighted by molar-refractivity contribution is 5.87. The van der Waals surface area contributed by atoms with Gasteiger partial charge in [0.2, 0.25) is 5.91 Å². The van der Waals surface area contributed by atoms with Crippen molar-refractivity contribution in [2.24, 2.45) is 22.2 Å². The van der Waals surface area contributed by atoms with E-state index in [1.54, 1.807) is 0 Å². The fourth-order valence-electron chi connectivity index (χ4n) is 2.73. The Balaban J connectivity index is 2.81. The number of aliphatic carboxylic acids is 1. The average Bonchev–Trinajstić information content (AvgIpc) is 2.60. The summed E-state index contributed by atoms with van der Waals surface area (Å²) in [6, 6.07) is 7.68. The lowest BCUT2D eigenvalue weighted by Gasteiger charge is -2.31. The molecule has 0 bridgehead atoms. The van der Waals surface area contributed by atoms with Gasteiger partial charge >= 0.3 is 5.97 Å². The van der Waals surface area contributed by atoms with Gasteiger partial charge in [-0.15, -0.1) is 0 Å². The molecule has 0 aliphatic rings. The number of amides is 1. The van der Waals surface area contributed by atoms with E-state index in [1.165, 1.54) is 4.90 Å². The number of carboxylic acid groups (broad SMARTS) is 1. The SMILES string of the molecule is CCCN(C(=O)[C@H](N)Cc1ccccc1)[C@@H](CCCN=C(N)N)C(=O)O. The molecule has 7 N–H and O–H groups in total. The second-order valence-electron chi connectivity index (χ2n) is 6.13. The van der Waals surface area contributed by atoms with E-state index in [9.17, 15) is 14.7 Å². The van der Waals surface area contributed by atoms with Crippen LogP contribution in [0, 0.1) is 0 Å². The predicted molar refractivity (Wildman–Crippen MR) is 101 cm³/mol. The van der Waals surface area contributed by atoms with Crippen molar-refractivity contribution >= 4 is 17.8 Å². The smallest absolute Gasteiger partial charge is 0.326 e. The number of guanidine groups is 1. The van der Waals surface area contributed by atoms with E-state index in [1.807, 2.05) is 37.3 Å². The summed E-state index contributed by atoms with van der Waals surface area (Å²) in [7, 11) is 0. The fraction of sp³-hybridized carbons (Fsp3) is 0.500. The lowest BCUT2D eigenvalue weighted by Crippen LogP contribution is -2.52. The van der Waals surface area contributed by atoms with Gasteiger partial charge in [0.1, 0.15) is 6.04 Å². The quantitative estimate of drug-likeness (QED) is 0.252. The Morgan fingerprint density at radius 2 is 1.88 bits per heavy atom. The number of hydrogen-bond donors (Lipinski definition) is 4. The van der Waals surface area contributed by atoms with Crippen LogP contribution >= 0.6 is 0 Å². The zero-order chi connectivity index (χ0) is 19.5. The number of rotatable bonds is 11. The van der Waals surface area contributed by atoms with Crippen molar-refractivity contribution in [3.05, 3.63) is 35.9 Å². The summed E-state index contributed by atoms with van der Waals surface area (Å²) in [5, 5.41) is 9.58. The van der Waals surface area contributed by atoms with Crippen molar-refractivity contribution in [3.8, 4) is 0 Å². The molecule has 0 spiro atoms. The lowest BCUT2D eigenvalue weighted by molar-refractivity contribution is -0.151. The van der Waals surface area contributed by atoms with Gasteiger partial charge in [0.15, 0.2) is 5.96 Å². The molecule has 0 aliphatic heterocycles. The number of carboxylic acids is 1. The molecule has 1 amide bonds. The number of nitrogens with two attached hydrogens (primary N) is 3. The van der Waals surface area contributed by atoms with Crippen molar-refractivity contribution in [3.63, 3.8) is 0 Å². The first-order valence-electron chi connectivity index (χ1n) is 8.75. The summed E-state index contributed by atoms with van der Waals surface area (Å²) in [5.41, 5.74) is 17.5. The summed E-state index contributed by atoms with van der Waals surface area (Å²) >= 11 is 0. The molecule has 1 aromatic rings. The molecule has 0 radical (unpaired) electrons. The first kappa shape index (κ1) is 21.4. The number of carbonyl (C=O) groups is 2. The van der Waals surface area contributed by atoms with Crippen LogP contribution in [0.5, 0.6) is 0 Å². The fourth-order valence-corrected chi connectivity index (χ4v) is 2.73. The Morgan fingerprint density at radius 3 is 2.42 bits per heavy atom. The molecule has 0 saturated carbocycles. The summed E-state index contributed by atoms with van der Waals surface area (Å²) in [6.07, 6.45) is 1.72. The molecular weight excluding hydrogens is 334 g/mol. The molecule has 0 fully saturated rings. The Morgan fingerprint density at radius 1 is 1.23 bits per heavy atom. The van der Waals surface area contributed by atoms with Crippen LogP contribution in [0.3, 0.4) is 0 Å². The summed E-state index contributed by atoms with van der Waals surface area (Å²) in [4.78, 5) is 29.7. The molecule has 0 aromatic heterocycles. The zero-order valence-corrected chi connectivity index (χ0v) is 15.2. The van der Waals surface area contributed by atoms with E-state index >= 15 is 0 Å². The average molecular weight is 363 g/mol. The van der Waals surface area contributed by atoms with Crippen LogP contribution in [-0.2, 0) is 16.0 Å². The largest absolute Gasteiger partial charge is 0.480 e. The third kappa shape index (κ3) is 7.10. The van der Waals surface area contributed by atoms with Gasteiger partial charge in [-0.05, 0) is 31.2 Å². The van der Waals surface area contributed by atoms with Gasteiger partial charge in [-0.3, -0.25) is 9.79 Å². The number of benzene rings is 1. The van der Waals surface area contributed by atoms with Gasteiger partial charge in [0.25, 0.3) is 0 Å². The Hall–Kier alpha value is -2.61. The highest BCUT2D eigenvalue weighted by atomic mass is 16.4. The minimum Gasteiger partial charge on any atom is -0.480 e. The lowest BCUT2D eigenvalue weighted by atomic mass is 10.0.